The Kier molecular flexibility index (Phi) is 9.63. The highest BCUT2D eigenvalue weighted by molar-refractivity contribution is 7.98. The van der Waals surface area contributed by atoms with Gasteiger partial charge in [0.05, 0.1) is 6.54 Å². The van der Waals surface area contributed by atoms with Crippen molar-refractivity contribution in [3.63, 3.8) is 0 Å². The molecule has 0 aliphatic carbocycles. The SMILES string of the molecule is CSCC[C@H](NC(=O)CN(Cc1cccc2ccccc12)CC1CCCN1C(=O)[C@@H]1CCC(=O)N1)C(=O)O. The second kappa shape index (κ2) is 13.1. The smallest absolute Gasteiger partial charge is 0.326 e. The Labute approximate surface area is 227 Å². The number of nitrogens with one attached hydrogen (secondary N) is 2. The molecule has 3 N–H and O–H groups in total. The third-order valence-electron chi connectivity index (χ3n) is 7.31. The Balaban J connectivity index is 1.52. The first kappa shape index (κ1) is 27.9. The zero-order valence-corrected chi connectivity index (χ0v) is 22.5. The van der Waals surface area contributed by atoms with Crippen LogP contribution in [-0.4, -0.2) is 88.4 Å². The van der Waals surface area contributed by atoms with Crippen molar-refractivity contribution < 1.29 is 24.3 Å². The summed E-state index contributed by atoms with van der Waals surface area (Å²) in [5.41, 5.74) is 1.06. The number of hydrogen-bond acceptors (Lipinski definition) is 6. The standard InChI is InChI=1S/C28H36N4O5S/c1-38-15-13-24(28(36)37)30-26(34)18-31(16-20-8-4-7-19-6-2-3-10-22(19)20)17-21-9-5-14-32(21)27(35)23-11-12-25(33)29-23/h2-4,6-8,10,21,23-24H,5,9,11-18H2,1H3,(H,29,33)(H,30,34)(H,36,37)/t21?,23-,24-/m0/s1. The fourth-order valence-corrected chi connectivity index (χ4v) is 5.88. The van der Waals surface area contributed by atoms with E-state index in [1.807, 2.05) is 52.5 Å². The van der Waals surface area contributed by atoms with Gasteiger partial charge in [-0.15, -0.1) is 0 Å². The minimum Gasteiger partial charge on any atom is -0.480 e. The van der Waals surface area contributed by atoms with Crippen LogP contribution in [-0.2, 0) is 25.7 Å². The van der Waals surface area contributed by atoms with Gasteiger partial charge in [-0.1, -0.05) is 42.5 Å². The minimum absolute atomic E-state index is 0.0188. The molecule has 4 rings (SSSR count). The summed E-state index contributed by atoms with van der Waals surface area (Å²) in [5, 5.41) is 17.2. The summed E-state index contributed by atoms with van der Waals surface area (Å²) in [7, 11) is 0. The van der Waals surface area contributed by atoms with E-state index in [9.17, 15) is 24.3 Å². The van der Waals surface area contributed by atoms with E-state index in [-0.39, 0.29) is 30.3 Å². The van der Waals surface area contributed by atoms with Crippen LogP contribution in [0.25, 0.3) is 10.8 Å². The summed E-state index contributed by atoms with van der Waals surface area (Å²) >= 11 is 1.54. The van der Waals surface area contributed by atoms with Crippen LogP contribution in [0.4, 0.5) is 0 Å². The van der Waals surface area contributed by atoms with Crippen molar-refractivity contribution in [2.45, 2.75) is 56.8 Å². The number of carboxylic acids is 1. The zero-order chi connectivity index (χ0) is 27.1. The molecule has 2 aromatic rings. The summed E-state index contributed by atoms with van der Waals surface area (Å²) in [5.74, 6) is -0.913. The third kappa shape index (κ3) is 7.05. The fraction of sp³-hybridized carbons (Fsp3) is 0.500. The molecule has 2 aromatic carbocycles. The average molecular weight is 541 g/mol. The highest BCUT2D eigenvalue weighted by atomic mass is 32.2. The lowest BCUT2D eigenvalue weighted by Gasteiger charge is -2.32. The number of fused-ring (bicyclic) bond motifs is 1. The minimum atomic E-state index is -1.04. The molecule has 10 heteroatoms. The van der Waals surface area contributed by atoms with Gasteiger partial charge < -0.3 is 20.6 Å². The Bertz CT molecular complexity index is 1170. The maximum Gasteiger partial charge on any atom is 0.326 e. The van der Waals surface area contributed by atoms with E-state index < -0.39 is 18.1 Å². The first-order valence-corrected chi connectivity index (χ1v) is 14.5. The monoisotopic (exact) mass is 540 g/mol. The van der Waals surface area contributed by atoms with Crippen LogP contribution in [0.1, 0.15) is 37.7 Å². The topological polar surface area (TPSA) is 119 Å². The van der Waals surface area contributed by atoms with E-state index in [0.717, 1.165) is 29.2 Å². The molecule has 0 aromatic heterocycles. The van der Waals surface area contributed by atoms with E-state index in [1.54, 1.807) is 0 Å². The van der Waals surface area contributed by atoms with E-state index in [4.69, 9.17) is 0 Å². The van der Waals surface area contributed by atoms with Crippen LogP contribution >= 0.6 is 11.8 Å². The molecule has 2 fully saturated rings. The zero-order valence-electron chi connectivity index (χ0n) is 21.7. The number of thioether (sulfide) groups is 1. The molecule has 1 unspecified atom stereocenters. The number of aliphatic carboxylic acids is 1. The van der Waals surface area contributed by atoms with Crippen molar-refractivity contribution in [2.75, 3.05) is 31.6 Å². The molecule has 204 valence electrons. The van der Waals surface area contributed by atoms with Gasteiger partial charge in [0, 0.05) is 32.1 Å². The van der Waals surface area contributed by atoms with Gasteiger partial charge in [0.1, 0.15) is 12.1 Å². The second-order valence-electron chi connectivity index (χ2n) is 10.0. The predicted octanol–water partition coefficient (Wildman–Crippen LogP) is 2.23. The normalized spacial score (nSPS) is 20.1. The lowest BCUT2D eigenvalue weighted by Crippen LogP contribution is -2.51. The lowest BCUT2D eigenvalue weighted by atomic mass is 10.0. The van der Waals surface area contributed by atoms with Gasteiger partial charge in [0.2, 0.25) is 17.7 Å². The summed E-state index contributed by atoms with van der Waals surface area (Å²) in [6.07, 6.45) is 4.80. The molecular formula is C28H36N4O5S. The Morgan fingerprint density at radius 1 is 1.18 bits per heavy atom. The molecule has 3 amide bonds. The summed E-state index contributed by atoms with van der Waals surface area (Å²) in [6.45, 7) is 1.60. The number of carboxylic acid groups (broad SMARTS) is 1. The first-order chi connectivity index (χ1) is 18.4. The quantitative estimate of drug-likeness (QED) is 0.378. The number of carbonyl (C=O) groups is 4. The highest BCUT2D eigenvalue weighted by Crippen LogP contribution is 2.24. The highest BCUT2D eigenvalue weighted by Gasteiger charge is 2.37. The second-order valence-corrected chi connectivity index (χ2v) is 11.0. The van der Waals surface area contributed by atoms with Crippen molar-refractivity contribution in [3.8, 4) is 0 Å². The molecule has 2 heterocycles. The number of rotatable bonds is 12. The van der Waals surface area contributed by atoms with Gasteiger partial charge in [-0.2, -0.15) is 11.8 Å². The number of hydrogen-bond donors (Lipinski definition) is 3. The van der Waals surface area contributed by atoms with E-state index >= 15 is 0 Å². The number of benzene rings is 2. The molecule has 2 aliphatic heterocycles. The van der Waals surface area contributed by atoms with Gasteiger partial charge >= 0.3 is 5.97 Å². The third-order valence-corrected chi connectivity index (χ3v) is 7.95. The molecule has 0 spiro atoms. The van der Waals surface area contributed by atoms with Crippen molar-refractivity contribution in [2.24, 2.45) is 0 Å². The molecular weight excluding hydrogens is 504 g/mol. The summed E-state index contributed by atoms with van der Waals surface area (Å²) < 4.78 is 0. The fourth-order valence-electron chi connectivity index (χ4n) is 5.41. The van der Waals surface area contributed by atoms with E-state index in [1.165, 1.54) is 11.8 Å². The largest absolute Gasteiger partial charge is 0.480 e. The average Bonchev–Trinajstić information content (AvgIpc) is 3.55. The molecule has 2 saturated heterocycles. The number of nitrogens with zero attached hydrogens (tertiary/aromatic N) is 2. The van der Waals surface area contributed by atoms with Crippen LogP contribution in [0.15, 0.2) is 42.5 Å². The van der Waals surface area contributed by atoms with Gasteiger partial charge in [-0.05, 0) is 54.0 Å². The van der Waals surface area contributed by atoms with Crippen molar-refractivity contribution in [1.29, 1.82) is 0 Å². The van der Waals surface area contributed by atoms with Crippen LogP contribution in [0, 0.1) is 0 Å². The van der Waals surface area contributed by atoms with E-state index in [0.29, 0.717) is 44.6 Å². The molecule has 2 aliphatic rings. The molecule has 9 nitrogen and oxygen atoms in total. The van der Waals surface area contributed by atoms with Crippen molar-refractivity contribution >= 4 is 46.2 Å². The van der Waals surface area contributed by atoms with E-state index in [2.05, 4.69) is 16.7 Å². The van der Waals surface area contributed by atoms with Gasteiger partial charge in [0.15, 0.2) is 0 Å². The molecule has 3 atom stereocenters. The van der Waals surface area contributed by atoms with Crippen molar-refractivity contribution in [1.82, 2.24) is 20.4 Å². The number of amides is 3. The van der Waals surface area contributed by atoms with Gasteiger partial charge in [-0.25, -0.2) is 4.79 Å². The maximum absolute atomic E-state index is 13.2. The van der Waals surface area contributed by atoms with Gasteiger partial charge in [-0.3, -0.25) is 19.3 Å². The number of likely N-dealkylation sites (tertiary alicyclic amines) is 1. The lowest BCUT2D eigenvalue weighted by molar-refractivity contribution is -0.142. The Morgan fingerprint density at radius 2 is 1.97 bits per heavy atom. The molecule has 38 heavy (non-hydrogen) atoms. The predicted molar refractivity (Wildman–Crippen MR) is 148 cm³/mol. The van der Waals surface area contributed by atoms with Crippen molar-refractivity contribution in [3.05, 3.63) is 48.0 Å². The number of carbonyl (C=O) groups excluding carboxylic acids is 3. The summed E-state index contributed by atoms with van der Waals surface area (Å²) in [6, 6.07) is 12.6. The van der Waals surface area contributed by atoms with Crippen LogP contribution in [0.5, 0.6) is 0 Å². The molecule has 0 radical (unpaired) electrons. The molecule has 0 saturated carbocycles. The van der Waals surface area contributed by atoms with Crippen LogP contribution in [0.3, 0.4) is 0 Å². The maximum atomic E-state index is 13.2. The van der Waals surface area contributed by atoms with Crippen LogP contribution < -0.4 is 10.6 Å². The first-order valence-electron chi connectivity index (χ1n) is 13.2. The summed E-state index contributed by atoms with van der Waals surface area (Å²) in [4.78, 5) is 53.5. The molecule has 0 bridgehead atoms. The van der Waals surface area contributed by atoms with Gasteiger partial charge in [0.25, 0.3) is 0 Å². The van der Waals surface area contributed by atoms with Crippen LogP contribution in [0.2, 0.25) is 0 Å². The Morgan fingerprint density at radius 3 is 2.71 bits per heavy atom. The Hall–Kier alpha value is -3.11.